The first-order valence-corrected chi connectivity index (χ1v) is 12.4. The number of phenols is 1. The van der Waals surface area contributed by atoms with Crippen molar-refractivity contribution < 1.29 is 14.7 Å². The first kappa shape index (κ1) is 25.2. The van der Waals surface area contributed by atoms with Gasteiger partial charge in [-0.3, -0.25) is 9.59 Å². The number of phenolic OH excluding ortho intramolecular Hbond substituents is 1. The lowest BCUT2D eigenvalue weighted by atomic mass is 9.78. The van der Waals surface area contributed by atoms with Gasteiger partial charge in [-0.15, -0.1) is 0 Å². The van der Waals surface area contributed by atoms with Gasteiger partial charge in [-0.05, 0) is 62.3 Å². The molecule has 0 bridgehead atoms. The Morgan fingerprint density at radius 3 is 1.97 bits per heavy atom. The minimum absolute atomic E-state index is 0.136. The highest BCUT2D eigenvalue weighted by atomic mass is 16.3. The van der Waals surface area contributed by atoms with E-state index in [1.165, 1.54) is 64.2 Å². The maximum atomic E-state index is 12.6. The SMILES string of the molecule is C1CCCCC1.CCCC(N)=O.O=C(c1ccc(O)cc1)N1CCCC2CCCCC21. The van der Waals surface area contributed by atoms with Crippen LogP contribution in [0.1, 0.15) is 107 Å². The minimum atomic E-state index is -0.211. The quantitative estimate of drug-likeness (QED) is 0.635. The summed E-state index contributed by atoms with van der Waals surface area (Å²) in [5.74, 6) is 0.850. The lowest BCUT2D eigenvalue weighted by molar-refractivity contribution is -0.118. The fourth-order valence-electron chi connectivity index (χ4n) is 4.95. The largest absolute Gasteiger partial charge is 0.508 e. The van der Waals surface area contributed by atoms with E-state index >= 15 is 0 Å². The molecule has 0 radical (unpaired) electrons. The van der Waals surface area contributed by atoms with E-state index in [2.05, 4.69) is 4.90 Å². The molecule has 5 heteroatoms. The van der Waals surface area contributed by atoms with Gasteiger partial charge < -0.3 is 15.7 Å². The first-order chi connectivity index (χ1) is 15.0. The van der Waals surface area contributed by atoms with Gasteiger partial charge in [0.15, 0.2) is 0 Å². The zero-order chi connectivity index (χ0) is 22.5. The van der Waals surface area contributed by atoms with Crippen molar-refractivity contribution in [3.05, 3.63) is 29.8 Å². The third-order valence-corrected chi connectivity index (χ3v) is 6.61. The van der Waals surface area contributed by atoms with Crippen LogP contribution in [0.5, 0.6) is 5.75 Å². The van der Waals surface area contributed by atoms with Crippen LogP contribution >= 0.6 is 0 Å². The van der Waals surface area contributed by atoms with E-state index in [-0.39, 0.29) is 17.6 Å². The van der Waals surface area contributed by atoms with Crippen LogP contribution in [0.3, 0.4) is 0 Å². The molecule has 2 unspecified atom stereocenters. The van der Waals surface area contributed by atoms with Crippen molar-refractivity contribution >= 4 is 11.8 Å². The lowest BCUT2D eigenvalue weighted by Gasteiger charge is -2.44. The molecule has 2 amide bonds. The number of piperidine rings is 1. The Morgan fingerprint density at radius 2 is 1.45 bits per heavy atom. The van der Waals surface area contributed by atoms with Crippen LogP contribution in [-0.2, 0) is 4.79 Å². The number of nitrogens with two attached hydrogens (primary N) is 1. The number of likely N-dealkylation sites (tertiary alicyclic amines) is 1. The molecule has 3 fully saturated rings. The van der Waals surface area contributed by atoms with E-state index in [1.54, 1.807) is 24.3 Å². The molecule has 0 spiro atoms. The summed E-state index contributed by atoms with van der Waals surface area (Å²) in [7, 11) is 0. The summed E-state index contributed by atoms with van der Waals surface area (Å²) in [6.45, 7) is 2.81. The van der Waals surface area contributed by atoms with Crippen molar-refractivity contribution in [1.29, 1.82) is 0 Å². The molecule has 1 heterocycles. The van der Waals surface area contributed by atoms with Crippen molar-refractivity contribution in [2.75, 3.05) is 6.54 Å². The van der Waals surface area contributed by atoms with Crippen LogP contribution in [0.15, 0.2) is 24.3 Å². The molecular weight excluding hydrogens is 388 g/mol. The van der Waals surface area contributed by atoms with Crippen molar-refractivity contribution in [2.45, 2.75) is 103 Å². The van der Waals surface area contributed by atoms with Gasteiger partial charge in [0.1, 0.15) is 5.75 Å². The maximum absolute atomic E-state index is 12.6. The molecule has 5 nitrogen and oxygen atoms in total. The summed E-state index contributed by atoms with van der Waals surface area (Å²) in [5.41, 5.74) is 5.46. The predicted molar refractivity (Wildman–Crippen MR) is 126 cm³/mol. The molecule has 3 N–H and O–H groups in total. The van der Waals surface area contributed by atoms with E-state index in [1.807, 2.05) is 6.92 Å². The summed E-state index contributed by atoms with van der Waals surface area (Å²) >= 11 is 0. The summed E-state index contributed by atoms with van der Waals surface area (Å²) in [6.07, 6.45) is 17.8. The van der Waals surface area contributed by atoms with E-state index in [4.69, 9.17) is 5.73 Å². The number of aromatic hydroxyl groups is 1. The second kappa shape index (κ2) is 14.1. The molecular formula is C26H42N2O3. The van der Waals surface area contributed by atoms with Crippen molar-refractivity contribution in [3.63, 3.8) is 0 Å². The van der Waals surface area contributed by atoms with Gasteiger partial charge in [0.05, 0.1) is 0 Å². The predicted octanol–water partition coefficient (Wildman–Crippen LogP) is 5.80. The minimum Gasteiger partial charge on any atom is -0.508 e. The topological polar surface area (TPSA) is 83.6 Å². The molecule has 1 aromatic carbocycles. The average Bonchev–Trinajstić information content (AvgIpc) is 2.81. The van der Waals surface area contributed by atoms with Crippen LogP contribution in [0, 0.1) is 5.92 Å². The number of rotatable bonds is 3. The molecule has 1 saturated heterocycles. The molecule has 1 aliphatic heterocycles. The number of amides is 2. The van der Waals surface area contributed by atoms with Crippen molar-refractivity contribution in [2.24, 2.45) is 11.7 Å². The summed E-state index contributed by atoms with van der Waals surface area (Å²) in [5, 5.41) is 9.31. The molecule has 174 valence electrons. The van der Waals surface area contributed by atoms with Gasteiger partial charge in [0.2, 0.25) is 5.91 Å². The maximum Gasteiger partial charge on any atom is 0.254 e. The van der Waals surface area contributed by atoms with Crippen LogP contribution in [0.2, 0.25) is 0 Å². The first-order valence-electron chi connectivity index (χ1n) is 12.4. The smallest absolute Gasteiger partial charge is 0.254 e. The van der Waals surface area contributed by atoms with Crippen molar-refractivity contribution in [1.82, 2.24) is 4.90 Å². The van der Waals surface area contributed by atoms with Gasteiger partial charge in [-0.1, -0.05) is 58.3 Å². The fourth-order valence-corrected chi connectivity index (χ4v) is 4.95. The zero-order valence-corrected chi connectivity index (χ0v) is 19.4. The number of carbonyl (C=O) groups is 2. The Labute approximate surface area is 188 Å². The summed E-state index contributed by atoms with van der Waals surface area (Å²) in [4.78, 5) is 24.5. The number of fused-ring (bicyclic) bond motifs is 1. The molecule has 1 aromatic rings. The van der Waals surface area contributed by atoms with Gasteiger partial charge in [0, 0.05) is 24.6 Å². The molecule has 2 aliphatic carbocycles. The van der Waals surface area contributed by atoms with Crippen LogP contribution in [-0.4, -0.2) is 34.4 Å². The summed E-state index contributed by atoms with van der Waals surface area (Å²) in [6, 6.07) is 7.09. The van der Waals surface area contributed by atoms with Crippen LogP contribution < -0.4 is 5.73 Å². The Bertz CT molecular complexity index is 642. The van der Waals surface area contributed by atoms with E-state index in [9.17, 15) is 14.7 Å². The highest BCUT2D eigenvalue weighted by Crippen LogP contribution is 2.36. The third kappa shape index (κ3) is 8.92. The highest BCUT2D eigenvalue weighted by Gasteiger charge is 2.35. The molecule has 4 rings (SSSR count). The van der Waals surface area contributed by atoms with E-state index < -0.39 is 0 Å². The van der Waals surface area contributed by atoms with Crippen LogP contribution in [0.4, 0.5) is 0 Å². The molecule has 2 atom stereocenters. The third-order valence-electron chi connectivity index (χ3n) is 6.61. The van der Waals surface area contributed by atoms with E-state index in [0.29, 0.717) is 23.9 Å². The van der Waals surface area contributed by atoms with Gasteiger partial charge >= 0.3 is 0 Å². The highest BCUT2D eigenvalue weighted by molar-refractivity contribution is 5.94. The number of hydrogen-bond donors (Lipinski definition) is 2. The molecule has 0 aromatic heterocycles. The number of benzene rings is 1. The second-order valence-corrected chi connectivity index (χ2v) is 9.14. The standard InChI is InChI=1S/C16H21NO2.C6H12.C4H9NO/c18-14-9-7-13(8-10-14)16(19)17-11-3-5-12-4-1-2-6-15(12)17;1-2-4-6-5-3-1;1-2-3-4(5)6/h7-10,12,15,18H,1-6,11H2;1-6H2;2-3H2,1H3,(H2,5,6). The molecule has 31 heavy (non-hydrogen) atoms. The fraction of sp³-hybridized carbons (Fsp3) is 0.692. The monoisotopic (exact) mass is 430 g/mol. The number of hydrogen-bond acceptors (Lipinski definition) is 3. The van der Waals surface area contributed by atoms with Crippen LogP contribution in [0.25, 0.3) is 0 Å². The number of primary amides is 1. The van der Waals surface area contributed by atoms with E-state index in [0.717, 1.165) is 25.8 Å². The molecule has 3 aliphatic rings. The average molecular weight is 431 g/mol. The Kier molecular flexibility index (Phi) is 11.5. The van der Waals surface area contributed by atoms with Gasteiger partial charge in [0.25, 0.3) is 5.91 Å². The second-order valence-electron chi connectivity index (χ2n) is 9.14. The van der Waals surface area contributed by atoms with Crippen molar-refractivity contribution in [3.8, 4) is 5.75 Å². The number of carbonyl (C=O) groups excluding carboxylic acids is 2. The molecule has 2 saturated carbocycles. The van der Waals surface area contributed by atoms with Gasteiger partial charge in [-0.2, -0.15) is 0 Å². The Morgan fingerprint density at radius 1 is 0.903 bits per heavy atom. The number of nitrogens with zero attached hydrogens (tertiary/aromatic N) is 1. The summed E-state index contributed by atoms with van der Waals surface area (Å²) < 4.78 is 0. The Hall–Kier alpha value is -2.04. The normalized spacial score (nSPS) is 22.7. The zero-order valence-electron chi connectivity index (χ0n) is 19.4. The lowest BCUT2D eigenvalue weighted by Crippen LogP contribution is -2.49. The van der Waals surface area contributed by atoms with Gasteiger partial charge in [-0.25, -0.2) is 0 Å². The Balaban J connectivity index is 0.000000234.